The van der Waals surface area contributed by atoms with Gasteiger partial charge in [-0.05, 0) is 30.5 Å². The third kappa shape index (κ3) is 6.03. The number of anilines is 1. The van der Waals surface area contributed by atoms with Gasteiger partial charge in [-0.3, -0.25) is 4.79 Å². The van der Waals surface area contributed by atoms with E-state index < -0.39 is 12.1 Å². The van der Waals surface area contributed by atoms with Crippen molar-refractivity contribution >= 4 is 23.7 Å². The number of morpholine rings is 1. The van der Waals surface area contributed by atoms with Gasteiger partial charge in [0.2, 0.25) is 0 Å². The molecule has 8 nitrogen and oxygen atoms in total. The number of amides is 2. The number of rotatable bonds is 6. The first-order valence-corrected chi connectivity index (χ1v) is 8.47. The Morgan fingerprint density at radius 3 is 2.88 bits per heavy atom. The van der Waals surface area contributed by atoms with Crippen molar-refractivity contribution in [1.82, 2.24) is 4.90 Å². The Hall–Kier alpha value is -2.61. The normalized spacial score (nSPS) is 16.7. The standard InChI is InChI=1S/C18H24N2O6/c1-13(21)25-9-4-6-14-5-3-7-15(11-14)19-18(23)20-8-10-26-16(12-20)17(22)24-2/h3,5,7,11,16H,4,6,8-10,12H2,1-2H3,(H,19,23)/t16-/m1/s1. The Morgan fingerprint density at radius 1 is 1.35 bits per heavy atom. The van der Waals surface area contributed by atoms with Crippen molar-refractivity contribution in [2.75, 3.05) is 38.7 Å². The number of esters is 2. The van der Waals surface area contributed by atoms with Gasteiger partial charge in [-0.15, -0.1) is 0 Å². The fourth-order valence-corrected chi connectivity index (χ4v) is 2.61. The first-order chi connectivity index (χ1) is 12.5. The molecule has 1 heterocycles. The average molecular weight is 364 g/mol. The van der Waals surface area contributed by atoms with E-state index in [2.05, 4.69) is 10.1 Å². The zero-order chi connectivity index (χ0) is 18.9. The number of hydrogen-bond acceptors (Lipinski definition) is 6. The van der Waals surface area contributed by atoms with Crippen LogP contribution in [-0.4, -0.2) is 62.4 Å². The molecular weight excluding hydrogens is 340 g/mol. The second-order valence-corrected chi connectivity index (χ2v) is 5.90. The summed E-state index contributed by atoms with van der Waals surface area (Å²) in [6, 6.07) is 7.19. The van der Waals surface area contributed by atoms with Gasteiger partial charge in [-0.25, -0.2) is 9.59 Å². The molecule has 2 amide bonds. The van der Waals surface area contributed by atoms with Crippen molar-refractivity contribution in [1.29, 1.82) is 0 Å². The number of urea groups is 1. The minimum Gasteiger partial charge on any atom is -0.467 e. The van der Waals surface area contributed by atoms with E-state index in [1.807, 2.05) is 18.2 Å². The Morgan fingerprint density at radius 2 is 2.15 bits per heavy atom. The Kier molecular flexibility index (Phi) is 7.40. The van der Waals surface area contributed by atoms with E-state index >= 15 is 0 Å². The molecule has 0 saturated carbocycles. The SMILES string of the molecule is COC(=O)[C@H]1CN(C(=O)Nc2cccc(CCCOC(C)=O)c2)CCO1. The fourth-order valence-electron chi connectivity index (χ4n) is 2.61. The molecule has 1 aliphatic rings. The zero-order valence-electron chi connectivity index (χ0n) is 15.0. The van der Waals surface area contributed by atoms with Crippen LogP contribution in [0.5, 0.6) is 0 Å². The van der Waals surface area contributed by atoms with Crippen LogP contribution in [0.25, 0.3) is 0 Å². The van der Waals surface area contributed by atoms with E-state index in [1.165, 1.54) is 18.9 Å². The number of aryl methyl sites for hydroxylation is 1. The molecule has 142 valence electrons. The van der Waals surface area contributed by atoms with E-state index in [0.29, 0.717) is 25.3 Å². The van der Waals surface area contributed by atoms with Crippen LogP contribution < -0.4 is 5.32 Å². The maximum atomic E-state index is 12.4. The lowest BCUT2D eigenvalue weighted by Crippen LogP contribution is -2.50. The maximum absolute atomic E-state index is 12.4. The van der Waals surface area contributed by atoms with Gasteiger partial charge in [-0.1, -0.05) is 12.1 Å². The topological polar surface area (TPSA) is 94.2 Å². The highest BCUT2D eigenvalue weighted by molar-refractivity contribution is 5.90. The summed E-state index contributed by atoms with van der Waals surface area (Å²) >= 11 is 0. The fraction of sp³-hybridized carbons (Fsp3) is 0.500. The quantitative estimate of drug-likeness (QED) is 0.608. The summed E-state index contributed by atoms with van der Waals surface area (Å²) in [7, 11) is 1.29. The van der Waals surface area contributed by atoms with Crippen LogP contribution in [0.2, 0.25) is 0 Å². The summed E-state index contributed by atoms with van der Waals surface area (Å²) < 4.78 is 14.9. The van der Waals surface area contributed by atoms with Crippen molar-refractivity contribution in [2.24, 2.45) is 0 Å². The highest BCUT2D eigenvalue weighted by Crippen LogP contribution is 2.15. The van der Waals surface area contributed by atoms with Gasteiger partial charge in [0, 0.05) is 19.2 Å². The van der Waals surface area contributed by atoms with Crippen molar-refractivity contribution in [3.05, 3.63) is 29.8 Å². The Labute approximate surface area is 152 Å². The molecule has 1 aliphatic heterocycles. The average Bonchev–Trinajstić information content (AvgIpc) is 2.65. The zero-order valence-corrected chi connectivity index (χ0v) is 15.0. The van der Waals surface area contributed by atoms with Gasteiger partial charge in [0.1, 0.15) is 0 Å². The number of hydrogen-bond donors (Lipinski definition) is 1. The van der Waals surface area contributed by atoms with Crippen LogP contribution in [0.15, 0.2) is 24.3 Å². The number of nitrogens with one attached hydrogen (secondary N) is 1. The molecule has 0 spiro atoms. The summed E-state index contributed by atoms with van der Waals surface area (Å²) in [6.45, 7) is 2.59. The molecule has 8 heteroatoms. The minimum atomic E-state index is -0.757. The molecule has 1 saturated heterocycles. The van der Waals surface area contributed by atoms with Gasteiger partial charge in [-0.2, -0.15) is 0 Å². The number of carbonyl (C=O) groups is 3. The predicted molar refractivity (Wildman–Crippen MR) is 93.7 cm³/mol. The summed E-state index contributed by atoms with van der Waals surface area (Å²) in [5.41, 5.74) is 1.70. The molecular formula is C18H24N2O6. The highest BCUT2D eigenvalue weighted by Gasteiger charge is 2.29. The van der Waals surface area contributed by atoms with Crippen molar-refractivity contribution in [3.63, 3.8) is 0 Å². The largest absolute Gasteiger partial charge is 0.467 e. The van der Waals surface area contributed by atoms with Gasteiger partial charge in [0.15, 0.2) is 6.10 Å². The summed E-state index contributed by atoms with van der Waals surface area (Å²) in [5, 5.41) is 2.83. The molecule has 0 radical (unpaired) electrons. The van der Waals surface area contributed by atoms with Crippen LogP contribution >= 0.6 is 0 Å². The third-order valence-corrected chi connectivity index (χ3v) is 3.91. The molecule has 2 rings (SSSR count). The molecule has 0 bridgehead atoms. The first kappa shape index (κ1) is 19.7. The maximum Gasteiger partial charge on any atom is 0.336 e. The van der Waals surface area contributed by atoms with Crippen molar-refractivity contribution < 1.29 is 28.6 Å². The number of carbonyl (C=O) groups excluding carboxylic acids is 3. The van der Waals surface area contributed by atoms with Gasteiger partial charge in [0.05, 0.1) is 26.9 Å². The molecule has 1 aromatic carbocycles. The molecule has 0 aromatic heterocycles. The van der Waals surface area contributed by atoms with Crippen LogP contribution in [0.1, 0.15) is 18.9 Å². The lowest BCUT2D eigenvalue weighted by atomic mass is 10.1. The van der Waals surface area contributed by atoms with E-state index in [-0.39, 0.29) is 25.2 Å². The number of benzene rings is 1. The lowest BCUT2D eigenvalue weighted by Gasteiger charge is -2.31. The number of nitrogens with zero attached hydrogens (tertiary/aromatic N) is 1. The van der Waals surface area contributed by atoms with Gasteiger partial charge < -0.3 is 24.4 Å². The third-order valence-electron chi connectivity index (χ3n) is 3.91. The Balaban J connectivity index is 1.87. The summed E-state index contributed by atoms with van der Waals surface area (Å²) in [4.78, 5) is 36.3. The Bertz CT molecular complexity index is 648. The minimum absolute atomic E-state index is 0.153. The summed E-state index contributed by atoms with van der Waals surface area (Å²) in [6.07, 6.45) is 0.687. The van der Waals surface area contributed by atoms with Crippen LogP contribution in [-0.2, 0) is 30.2 Å². The highest BCUT2D eigenvalue weighted by atomic mass is 16.6. The van der Waals surface area contributed by atoms with E-state index in [1.54, 1.807) is 6.07 Å². The van der Waals surface area contributed by atoms with Gasteiger partial charge in [0.25, 0.3) is 0 Å². The first-order valence-electron chi connectivity index (χ1n) is 8.47. The van der Waals surface area contributed by atoms with E-state index in [9.17, 15) is 14.4 Å². The number of ether oxygens (including phenoxy) is 3. The predicted octanol–water partition coefficient (Wildman–Crippen LogP) is 1.59. The molecule has 0 unspecified atom stereocenters. The lowest BCUT2D eigenvalue weighted by molar-refractivity contribution is -0.158. The second kappa shape index (κ2) is 9.76. The molecule has 1 aromatic rings. The van der Waals surface area contributed by atoms with Crippen molar-refractivity contribution in [2.45, 2.75) is 25.9 Å². The molecule has 1 N–H and O–H groups in total. The molecule has 1 fully saturated rings. The molecule has 26 heavy (non-hydrogen) atoms. The number of methoxy groups -OCH3 is 1. The monoisotopic (exact) mass is 364 g/mol. The van der Waals surface area contributed by atoms with E-state index in [4.69, 9.17) is 9.47 Å². The van der Waals surface area contributed by atoms with Crippen LogP contribution in [0.4, 0.5) is 10.5 Å². The van der Waals surface area contributed by atoms with Gasteiger partial charge >= 0.3 is 18.0 Å². The smallest absolute Gasteiger partial charge is 0.336 e. The second-order valence-electron chi connectivity index (χ2n) is 5.90. The van der Waals surface area contributed by atoms with E-state index in [0.717, 1.165) is 12.0 Å². The van der Waals surface area contributed by atoms with Crippen molar-refractivity contribution in [3.8, 4) is 0 Å². The molecule has 0 aliphatic carbocycles. The van der Waals surface area contributed by atoms with Crippen LogP contribution in [0, 0.1) is 0 Å². The molecule has 1 atom stereocenters. The van der Waals surface area contributed by atoms with Crippen LogP contribution in [0.3, 0.4) is 0 Å². The summed E-state index contributed by atoms with van der Waals surface area (Å²) in [5.74, 6) is -0.779.